The molecule has 1 N–H and O–H groups in total. The third-order valence-electron chi connectivity index (χ3n) is 4.79. The molecule has 0 radical (unpaired) electrons. The molecule has 148 valence electrons. The number of hydrogen-bond donors (Lipinski definition) is 1. The monoisotopic (exact) mass is 523 g/mol. The number of para-hydroxylation sites is 1. The van der Waals surface area contributed by atoms with Gasteiger partial charge in [-0.3, -0.25) is 5.43 Å². The summed E-state index contributed by atoms with van der Waals surface area (Å²) in [5, 5.41) is 9.81. The smallest absolute Gasteiger partial charge is 0.207 e. The first kappa shape index (κ1) is 19.1. The first-order valence-electron chi connectivity index (χ1n) is 9.46. The molecule has 5 rings (SSSR count). The number of rotatable bonds is 4. The Morgan fingerprint density at radius 3 is 2.43 bits per heavy atom. The van der Waals surface area contributed by atoms with Crippen LogP contribution in [-0.4, -0.2) is 17.0 Å². The normalized spacial score (nSPS) is 16.3. The Kier molecular flexibility index (Phi) is 5.14. The quantitative estimate of drug-likeness (QED) is 0.279. The Bertz CT molecular complexity index is 1190. The van der Waals surface area contributed by atoms with Crippen molar-refractivity contribution in [1.29, 1.82) is 0 Å². The van der Waals surface area contributed by atoms with Gasteiger partial charge in [-0.25, -0.2) is 15.0 Å². The van der Waals surface area contributed by atoms with Crippen LogP contribution in [0.25, 0.3) is 10.2 Å². The molecule has 30 heavy (non-hydrogen) atoms. The maximum absolute atomic E-state index is 4.93. The molecule has 0 saturated carbocycles. The van der Waals surface area contributed by atoms with Gasteiger partial charge in [0.05, 0.1) is 15.9 Å². The minimum atomic E-state index is -0.238. The molecule has 1 atom stereocenters. The summed E-state index contributed by atoms with van der Waals surface area (Å²) >= 11 is 3.95. The maximum Gasteiger partial charge on any atom is 0.207 e. The van der Waals surface area contributed by atoms with Crippen LogP contribution in [0.15, 0.2) is 96.6 Å². The van der Waals surface area contributed by atoms with Gasteiger partial charge in [-0.1, -0.05) is 60.4 Å². The summed E-state index contributed by atoms with van der Waals surface area (Å²) in [5.74, 6) is 0.756. The summed E-state index contributed by atoms with van der Waals surface area (Å²) in [6.45, 7) is 4.09. The summed E-state index contributed by atoms with van der Waals surface area (Å²) in [6.07, 6.45) is 1.64. The SMILES string of the molecule is C=CC1N(c2ccc(I)cc2)N=C(c2ccccc2)NN1c1nc2ccccc2s1. The molecule has 3 aromatic carbocycles. The summed E-state index contributed by atoms with van der Waals surface area (Å²) in [4.78, 5) is 4.86. The number of hydrogen-bond acceptors (Lipinski definition) is 6. The summed E-state index contributed by atoms with van der Waals surface area (Å²) in [5.41, 5.74) is 6.44. The lowest BCUT2D eigenvalue weighted by Gasteiger charge is -2.41. The van der Waals surface area contributed by atoms with Gasteiger partial charge in [0.2, 0.25) is 5.13 Å². The number of hydrazone groups is 1. The zero-order valence-corrected chi connectivity index (χ0v) is 18.9. The lowest BCUT2D eigenvalue weighted by Crippen LogP contribution is -2.59. The minimum Gasteiger partial charge on any atom is -0.275 e. The lowest BCUT2D eigenvalue weighted by molar-refractivity contribution is 0.591. The fourth-order valence-electron chi connectivity index (χ4n) is 3.33. The number of fused-ring (bicyclic) bond motifs is 1. The number of nitrogens with zero attached hydrogens (tertiary/aromatic N) is 4. The molecule has 1 aliphatic heterocycles. The number of benzene rings is 3. The van der Waals surface area contributed by atoms with E-state index < -0.39 is 0 Å². The Morgan fingerprint density at radius 2 is 1.70 bits per heavy atom. The predicted molar refractivity (Wildman–Crippen MR) is 134 cm³/mol. The number of anilines is 2. The van der Waals surface area contributed by atoms with Gasteiger partial charge in [0.15, 0.2) is 12.0 Å². The second-order valence-electron chi connectivity index (χ2n) is 6.73. The average molecular weight is 523 g/mol. The molecule has 0 amide bonds. The third-order valence-corrected chi connectivity index (χ3v) is 6.54. The van der Waals surface area contributed by atoms with Crippen molar-refractivity contribution in [2.75, 3.05) is 10.0 Å². The molecule has 0 spiro atoms. The molecule has 2 heterocycles. The average Bonchev–Trinajstić information content (AvgIpc) is 3.23. The molecule has 0 fully saturated rings. The molecule has 5 nitrogen and oxygen atoms in total. The largest absolute Gasteiger partial charge is 0.275 e. The number of hydrazine groups is 1. The van der Waals surface area contributed by atoms with E-state index in [0.29, 0.717) is 0 Å². The highest BCUT2D eigenvalue weighted by Crippen LogP contribution is 2.33. The number of nitrogens with one attached hydrogen (secondary N) is 1. The fraction of sp³-hybridized carbons (Fsp3) is 0.0435. The van der Waals surface area contributed by atoms with Crippen molar-refractivity contribution < 1.29 is 0 Å². The highest BCUT2D eigenvalue weighted by Gasteiger charge is 2.32. The molecule has 0 aliphatic carbocycles. The highest BCUT2D eigenvalue weighted by atomic mass is 127. The van der Waals surface area contributed by atoms with E-state index in [1.165, 1.54) is 3.57 Å². The van der Waals surface area contributed by atoms with Crippen LogP contribution < -0.4 is 15.4 Å². The summed E-state index contributed by atoms with van der Waals surface area (Å²) in [6, 6.07) is 26.6. The van der Waals surface area contributed by atoms with Gasteiger partial charge in [-0.05, 0) is 65.1 Å². The Hall–Kier alpha value is -2.91. The van der Waals surface area contributed by atoms with Crippen molar-refractivity contribution in [2.45, 2.75) is 6.17 Å². The van der Waals surface area contributed by atoms with Crippen molar-refractivity contribution in [3.05, 3.63) is 101 Å². The number of thiazole rings is 1. The molecule has 4 aromatic rings. The van der Waals surface area contributed by atoms with Gasteiger partial charge >= 0.3 is 0 Å². The van der Waals surface area contributed by atoms with E-state index in [0.717, 1.165) is 32.4 Å². The highest BCUT2D eigenvalue weighted by molar-refractivity contribution is 14.1. The summed E-state index contributed by atoms with van der Waals surface area (Å²) in [7, 11) is 0. The third kappa shape index (κ3) is 3.54. The first-order chi connectivity index (χ1) is 14.7. The van der Waals surface area contributed by atoms with E-state index in [2.05, 4.69) is 64.9 Å². The van der Waals surface area contributed by atoms with Crippen LogP contribution in [0.5, 0.6) is 0 Å². The van der Waals surface area contributed by atoms with Gasteiger partial charge in [0, 0.05) is 9.13 Å². The number of halogens is 1. The van der Waals surface area contributed by atoms with Crippen molar-refractivity contribution in [2.24, 2.45) is 5.10 Å². The fourth-order valence-corrected chi connectivity index (χ4v) is 4.65. The second-order valence-corrected chi connectivity index (χ2v) is 8.99. The number of amidine groups is 1. The van der Waals surface area contributed by atoms with Crippen molar-refractivity contribution >= 4 is 60.8 Å². The second kappa shape index (κ2) is 8.08. The van der Waals surface area contributed by atoms with E-state index in [4.69, 9.17) is 10.1 Å². The van der Waals surface area contributed by atoms with Crippen LogP contribution in [0, 0.1) is 3.57 Å². The van der Waals surface area contributed by atoms with E-state index >= 15 is 0 Å². The van der Waals surface area contributed by atoms with Gasteiger partial charge in [-0.15, -0.1) is 0 Å². The molecule has 1 unspecified atom stereocenters. The molecule has 1 aliphatic rings. The Balaban J connectivity index is 1.64. The minimum absolute atomic E-state index is 0.238. The van der Waals surface area contributed by atoms with Crippen molar-refractivity contribution in [3.63, 3.8) is 0 Å². The van der Waals surface area contributed by atoms with Gasteiger partial charge in [0.25, 0.3) is 0 Å². The molecule has 0 bridgehead atoms. The van der Waals surface area contributed by atoms with Gasteiger partial charge < -0.3 is 0 Å². The Labute approximate surface area is 192 Å². The zero-order valence-electron chi connectivity index (χ0n) is 15.9. The molecule has 7 heteroatoms. The molecular weight excluding hydrogens is 505 g/mol. The van der Waals surface area contributed by atoms with Crippen LogP contribution in [0.3, 0.4) is 0 Å². The van der Waals surface area contributed by atoms with E-state index in [9.17, 15) is 0 Å². The molecule has 0 saturated heterocycles. The van der Waals surface area contributed by atoms with E-state index in [-0.39, 0.29) is 6.17 Å². The van der Waals surface area contributed by atoms with Crippen molar-refractivity contribution in [3.8, 4) is 0 Å². The van der Waals surface area contributed by atoms with Gasteiger partial charge in [-0.2, -0.15) is 5.10 Å². The Morgan fingerprint density at radius 1 is 0.967 bits per heavy atom. The van der Waals surface area contributed by atoms with Crippen LogP contribution in [-0.2, 0) is 0 Å². The van der Waals surface area contributed by atoms with Crippen LogP contribution in [0.1, 0.15) is 5.56 Å². The van der Waals surface area contributed by atoms with Crippen LogP contribution in [0.2, 0.25) is 0 Å². The molecule has 1 aromatic heterocycles. The first-order valence-corrected chi connectivity index (χ1v) is 11.4. The van der Waals surface area contributed by atoms with Crippen molar-refractivity contribution in [1.82, 2.24) is 10.4 Å². The zero-order chi connectivity index (χ0) is 20.5. The van der Waals surface area contributed by atoms with E-state index in [1.807, 2.05) is 64.6 Å². The number of aromatic nitrogens is 1. The topological polar surface area (TPSA) is 43.8 Å². The summed E-state index contributed by atoms with van der Waals surface area (Å²) < 4.78 is 2.32. The predicted octanol–water partition coefficient (Wildman–Crippen LogP) is 5.61. The lowest BCUT2D eigenvalue weighted by atomic mass is 10.2. The standard InChI is InChI=1S/C23H18IN5S/c1-2-21-28(18-14-12-17(24)13-15-18)26-22(16-8-4-3-5-9-16)27-29(21)23-25-19-10-6-7-11-20(19)30-23/h2-15,21H,1H2,(H,26,27). The molecular formula is C23H18IN5S. The van der Waals surface area contributed by atoms with Crippen LogP contribution in [0.4, 0.5) is 10.8 Å². The maximum atomic E-state index is 4.93. The van der Waals surface area contributed by atoms with E-state index in [1.54, 1.807) is 11.3 Å². The van der Waals surface area contributed by atoms with Gasteiger partial charge in [0.1, 0.15) is 0 Å². The van der Waals surface area contributed by atoms with Crippen LogP contribution >= 0.6 is 33.9 Å².